The molecule has 1 atom stereocenters. The molecule has 0 aliphatic heterocycles. The summed E-state index contributed by atoms with van der Waals surface area (Å²) in [5.74, 6) is -1.31. The summed E-state index contributed by atoms with van der Waals surface area (Å²) in [6.45, 7) is 6.04. The lowest BCUT2D eigenvalue weighted by Crippen LogP contribution is -2.30. The molecule has 6 nitrogen and oxygen atoms in total. The third-order valence-corrected chi connectivity index (χ3v) is 10.5. The maximum Gasteiger partial charge on any atom is 0.310 e. The van der Waals surface area contributed by atoms with Crippen molar-refractivity contribution in [2.75, 3.05) is 13.2 Å². The molecule has 0 aromatic rings. The number of allylic oxidation sites excluding steroid dienone is 34. The fourth-order valence-electron chi connectivity index (χ4n) is 6.43. The zero-order chi connectivity index (χ0) is 54.3. The topological polar surface area (TPSA) is 78.9 Å². The molecule has 0 radical (unpaired) electrons. The Morgan fingerprint density at radius 3 is 0.813 bits per heavy atom. The average molecular weight is 1020 g/mol. The van der Waals surface area contributed by atoms with E-state index in [0.717, 1.165) is 116 Å². The molecule has 0 fully saturated rings. The van der Waals surface area contributed by atoms with E-state index in [1.165, 1.54) is 0 Å². The predicted octanol–water partition coefficient (Wildman–Crippen LogP) is 19.4. The normalized spacial score (nSPS) is 13.8. The van der Waals surface area contributed by atoms with E-state index < -0.39 is 18.0 Å². The van der Waals surface area contributed by atoms with Gasteiger partial charge in [-0.25, -0.2) is 0 Å². The molecule has 75 heavy (non-hydrogen) atoms. The van der Waals surface area contributed by atoms with Crippen LogP contribution in [0.3, 0.4) is 0 Å². The largest absolute Gasteiger partial charge is 0.462 e. The third-order valence-electron chi connectivity index (χ3n) is 10.5. The highest BCUT2D eigenvalue weighted by Crippen LogP contribution is 2.08. The van der Waals surface area contributed by atoms with Crippen molar-refractivity contribution in [3.05, 3.63) is 219 Å². The highest BCUT2D eigenvalue weighted by atomic mass is 16.6. The van der Waals surface area contributed by atoms with Crippen molar-refractivity contribution >= 4 is 17.9 Å². The Hall–Kier alpha value is -6.27. The van der Waals surface area contributed by atoms with Crippen LogP contribution in [0.1, 0.15) is 175 Å². The molecule has 0 aromatic heterocycles. The molecular weight excluding hydrogens is 925 g/mol. The minimum Gasteiger partial charge on any atom is -0.462 e. The minimum absolute atomic E-state index is 0.0543. The monoisotopic (exact) mass is 1020 g/mol. The SMILES string of the molecule is CC/C=C\C/C=C\C/C=C\C/C=C\C/C=C\C/C=C\C/C=C\C/C=C\CCCCC(=O)OCC(COC(=O)C/C=C\C/C=C\C/C=C\C/C=C\C/C=C\CC)OC(=O)C/C=C\C/C=C\C/C=C\C/C=C\C/C=C\CC. The molecule has 0 amide bonds. The molecule has 0 rings (SSSR count). The van der Waals surface area contributed by atoms with Gasteiger partial charge >= 0.3 is 17.9 Å². The van der Waals surface area contributed by atoms with Crippen LogP contribution in [-0.4, -0.2) is 37.2 Å². The summed E-state index contributed by atoms with van der Waals surface area (Å²) in [7, 11) is 0. The zero-order valence-electron chi connectivity index (χ0n) is 46.7. The molecule has 0 saturated carbocycles. The van der Waals surface area contributed by atoms with Gasteiger partial charge in [-0.2, -0.15) is 0 Å². The summed E-state index contributed by atoms with van der Waals surface area (Å²) in [5.41, 5.74) is 0. The van der Waals surface area contributed by atoms with Crippen LogP contribution in [0.2, 0.25) is 0 Å². The van der Waals surface area contributed by atoms with Gasteiger partial charge in [0, 0.05) is 6.42 Å². The first-order valence-electron chi connectivity index (χ1n) is 28.2. The van der Waals surface area contributed by atoms with Crippen LogP contribution >= 0.6 is 0 Å². The standard InChI is InChI=1S/C69H98O6/c1-4-7-10-13-16-19-22-25-28-29-30-31-32-33-34-35-36-37-38-39-42-44-47-50-53-56-59-62-68(71)74-65-66(75-69(72)63-60-57-54-51-48-45-41-27-24-21-18-15-12-9-6-3)64-73-67(70)61-58-55-52-49-46-43-40-26-23-20-17-14-11-8-5-2/h7-12,16-21,25-28,30-31,33-34,36-37,39-42,46-51,55,57-58,60,66H,4-6,13-15,22-24,29,32,35,38,43-45,52-54,56,59,61-65H2,1-3H3/b10-7-,11-8-,12-9-,19-16-,20-17-,21-18-,28-25-,31-30-,34-33-,37-36-,40-26-,41-27-,42-39-,49-46-,50-47-,51-48-,58-55-,60-57-. The van der Waals surface area contributed by atoms with Crippen LogP contribution in [0.4, 0.5) is 0 Å². The maximum atomic E-state index is 12.8. The number of carbonyl (C=O) groups excluding carboxylic acids is 3. The molecule has 6 heteroatoms. The molecule has 0 N–H and O–H groups in total. The van der Waals surface area contributed by atoms with E-state index in [1.54, 1.807) is 12.2 Å². The second kappa shape index (κ2) is 60.3. The number of rotatable bonds is 47. The summed E-state index contributed by atoms with van der Waals surface area (Å²) < 4.78 is 16.6. The molecule has 0 aliphatic carbocycles. The first-order valence-corrected chi connectivity index (χ1v) is 28.2. The first-order chi connectivity index (χ1) is 37.0. The quantitative estimate of drug-likeness (QED) is 0.0262. The van der Waals surface area contributed by atoms with E-state index in [4.69, 9.17) is 14.2 Å². The van der Waals surface area contributed by atoms with E-state index >= 15 is 0 Å². The van der Waals surface area contributed by atoms with Crippen molar-refractivity contribution in [1.82, 2.24) is 0 Å². The van der Waals surface area contributed by atoms with Gasteiger partial charge < -0.3 is 14.2 Å². The van der Waals surface area contributed by atoms with Crippen molar-refractivity contribution < 1.29 is 28.6 Å². The van der Waals surface area contributed by atoms with Gasteiger partial charge in [-0.1, -0.05) is 240 Å². The van der Waals surface area contributed by atoms with E-state index in [1.807, 2.05) is 12.2 Å². The van der Waals surface area contributed by atoms with Crippen LogP contribution in [0.25, 0.3) is 0 Å². The Bertz CT molecular complexity index is 1940. The molecule has 0 aliphatic rings. The summed E-state index contributed by atoms with van der Waals surface area (Å²) >= 11 is 0. The molecule has 0 heterocycles. The Balaban J connectivity index is 4.66. The van der Waals surface area contributed by atoms with E-state index in [0.29, 0.717) is 19.3 Å². The number of unbranched alkanes of at least 4 members (excludes halogenated alkanes) is 2. The molecule has 0 aromatic carbocycles. The van der Waals surface area contributed by atoms with E-state index in [-0.39, 0.29) is 38.4 Å². The summed E-state index contributed by atoms with van der Waals surface area (Å²) in [6, 6.07) is 0. The molecule has 0 spiro atoms. The van der Waals surface area contributed by atoms with Crippen LogP contribution in [-0.2, 0) is 28.6 Å². The summed E-state index contributed by atoms with van der Waals surface area (Å²) in [4.78, 5) is 38.0. The average Bonchev–Trinajstić information content (AvgIpc) is 3.41. The predicted molar refractivity (Wildman–Crippen MR) is 324 cm³/mol. The van der Waals surface area contributed by atoms with Crippen molar-refractivity contribution in [1.29, 1.82) is 0 Å². The highest BCUT2D eigenvalue weighted by Gasteiger charge is 2.19. The zero-order valence-corrected chi connectivity index (χ0v) is 46.7. The van der Waals surface area contributed by atoms with Crippen molar-refractivity contribution in [2.24, 2.45) is 0 Å². The minimum atomic E-state index is -0.906. The maximum absolute atomic E-state index is 12.8. The number of hydrogen-bond donors (Lipinski definition) is 0. The van der Waals surface area contributed by atoms with Gasteiger partial charge in [0.2, 0.25) is 0 Å². The van der Waals surface area contributed by atoms with Crippen LogP contribution < -0.4 is 0 Å². The third kappa shape index (κ3) is 58.5. The molecule has 0 saturated heterocycles. The van der Waals surface area contributed by atoms with Crippen molar-refractivity contribution in [3.63, 3.8) is 0 Å². The smallest absolute Gasteiger partial charge is 0.310 e. The second-order valence-corrected chi connectivity index (χ2v) is 17.4. The number of ether oxygens (including phenoxy) is 3. The van der Waals surface area contributed by atoms with Crippen LogP contribution in [0.15, 0.2) is 219 Å². The first kappa shape index (κ1) is 68.7. The lowest BCUT2D eigenvalue weighted by atomic mass is 10.2. The van der Waals surface area contributed by atoms with Gasteiger partial charge in [0.15, 0.2) is 6.10 Å². The van der Waals surface area contributed by atoms with Crippen LogP contribution in [0.5, 0.6) is 0 Å². The lowest BCUT2D eigenvalue weighted by molar-refractivity contribution is -0.166. The van der Waals surface area contributed by atoms with Crippen LogP contribution in [0, 0.1) is 0 Å². The van der Waals surface area contributed by atoms with E-state index in [2.05, 4.69) is 215 Å². The highest BCUT2D eigenvalue weighted by molar-refractivity contribution is 5.72. The molecule has 410 valence electrons. The second-order valence-electron chi connectivity index (χ2n) is 17.4. The van der Waals surface area contributed by atoms with Gasteiger partial charge in [-0.05, 0) is 135 Å². The van der Waals surface area contributed by atoms with Crippen molar-refractivity contribution in [3.8, 4) is 0 Å². The molecule has 1 unspecified atom stereocenters. The molecular formula is C69H98O6. The van der Waals surface area contributed by atoms with Gasteiger partial charge in [-0.15, -0.1) is 0 Å². The Morgan fingerprint density at radius 1 is 0.280 bits per heavy atom. The fraction of sp³-hybridized carbons (Fsp3) is 0.435. The van der Waals surface area contributed by atoms with Gasteiger partial charge in [0.05, 0.1) is 12.8 Å². The van der Waals surface area contributed by atoms with Gasteiger partial charge in [0.25, 0.3) is 0 Å². The summed E-state index contributed by atoms with van der Waals surface area (Å²) in [6.07, 6.45) is 95.6. The molecule has 0 bridgehead atoms. The summed E-state index contributed by atoms with van der Waals surface area (Å²) in [5, 5.41) is 0. The number of esters is 3. The van der Waals surface area contributed by atoms with E-state index in [9.17, 15) is 14.4 Å². The Morgan fingerprint density at radius 2 is 0.520 bits per heavy atom. The lowest BCUT2D eigenvalue weighted by Gasteiger charge is -2.17. The number of hydrogen-bond acceptors (Lipinski definition) is 6. The Kier molecular flexibility index (Phi) is 55.2. The fourth-order valence-corrected chi connectivity index (χ4v) is 6.43. The van der Waals surface area contributed by atoms with Gasteiger partial charge in [-0.3, -0.25) is 14.4 Å². The van der Waals surface area contributed by atoms with Crippen molar-refractivity contribution in [2.45, 2.75) is 181 Å². The Labute approximate surface area is 457 Å². The number of carbonyl (C=O) groups is 3. The van der Waals surface area contributed by atoms with Gasteiger partial charge in [0.1, 0.15) is 13.2 Å².